The van der Waals surface area contributed by atoms with Crippen LogP contribution in [0.4, 0.5) is 0 Å². The second-order valence-corrected chi connectivity index (χ2v) is 7.61. The van der Waals surface area contributed by atoms with E-state index in [2.05, 4.69) is 9.97 Å². The Hall–Kier alpha value is -2.95. The highest BCUT2D eigenvalue weighted by Crippen LogP contribution is 2.32. The Labute approximate surface area is 164 Å². The molecule has 2 aromatic carbocycles. The Bertz CT molecular complexity index is 1000. The Morgan fingerprint density at radius 1 is 1.11 bits per heavy atom. The molecule has 4 rings (SSSR count). The van der Waals surface area contributed by atoms with Crippen LogP contribution < -0.4 is 0 Å². The zero-order valence-electron chi connectivity index (χ0n) is 16.4. The van der Waals surface area contributed by atoms with Crippen molar-refractivity contribution in [2.45, 2.75) is 45.6 Å². The third-order valence-electron chi connectivity index (χ3n) is 5.69. The molecule has 5 heteroatoms. The maximum atomic E-state index is 12.8. The summed E-state index contributed by atoms with van der Waals surface area (Å²) in [6, 6.07) is 13.6. The van der Waals surface area contributed by atoms with E-state index in [4.69, 9.17) is 0 Å². The predicted octanol–water partition coefficient (Wildman–Crippen LogP) is 4.51. The number of aromatic nitrogens is 2. The Morgan fingerprint density at radius 3 is 2.71 bits per heavy atom. The molecule has 5 nitrogen and oxygen atoms in total. The molecule has 1 aliphatic heterocycles. The molecule has 3 aromatic rings. The normalized spacial score (nSPS) is 16.6. The van der Waals surface area contributed by atoms with Gasteiger partial charge in [0.2, 0.25) is 5.91 Å². The third kappa shape index (κ3) is 3.57. The molecule has 1 saturated heterocycles. The zero-order valence-corrected chi connectivity index (χ0v) is 16.4. The van der Waals surface area contributed by atoms with Gasteiger partial charge in [-0.25, -0.2) is 4.98 Å². The molecule has 28 heavy (non-hydrogen) atoms. The largest absolute Gasteiger partial charge is 0.340 e. The second kappa shape index (κ2) is 7.58. The van der Waals surface area contributed by atoms with Crippen molar-refractivity contribution in [1.29, 1.82) is 0 Å². The summed E-state index contributed by atoms with van der Waals surface area (Å²) >= 11 is 0. The standard InChI is InChI=1S/C23H25N3O2/c1-15-9-10-17(14-16(15)2)21(27)11-12-22(28)26-13-5-8-20(26)23-24-18-6-3-4-7-19(18)25-23/h3-4,6-7,9-10,14,20H,5,8,11-13H2,1-2H3,(H,24,25). The highest BCUT2D eigenvalue weighted by Gasteiger charge is 2.32. The zero-order chi connectivity index (χ0) is 19.7. The Morgan fingerprint density at radius 2 is 1.93 bits per heavy atom. The van der Waals surface area contributed by atoms with Crippen molar-refractivity contribution in [2.24, 2.45) is 0 Å². The molecular weight excluding hydrogens is 350 g/mol. The van der Waals surface area contributed by atoms with Crippen molar-refractivity contribution in [1.82, 2.24) is 14.9 Å². The van der Waals surface area contributed by atoms with Gasteiger partial charge in [-0.2, -0.15) is 0 Å². The van der Waals surface area contributed by atoms with Crippen molar-refractivity contribution in [3.8, 4) is 0 Å². The van der Waals surface area contributed by atoms with E-state index < -0.39 is 0 Å². The van der Waals surface area contributed by atoms with Crippen LogP contribution in [0.15, 0.2) is 42.5 Å². The lowest BCUT2D eigenvalue weighted by atomic mass is 10.0. The van der Waals surface area contributed by atoms with Crippen LogP contribution in [0, 0.1) is 13.8 Å². The van der Waals surface area contributed by atoms with Gasteiger partial charge in [-0.15, -0.1) is 0 Å². The molecule has 0 radical (unpaired) electrons. The molecule has 1 aromatic heterocycles. The maximum absolute atomic E-state index is 12.8. The molecular formula is C23H25N3O2. The van der Waals surface area contributed by atoms with Crippen molar-refractivity contribution in [3.63, 3.8) is 0 Å². The number of ketones is 1. The number of amides is 1. The van der Waals surface area contributed by atoms with Crippen LogP contribution in [0.1, 0.15) is 59.0 Å². The minimum Gasteiger partial charge on any atom is -0.340 e. The molecule has 2 heterocycles. The van der Waals surface area contributed by atoms with Crippen LogP contribution in [0.2, 0.25) is 0 Å². The van der Waals surface area contributed by atoms with Crippen LogP contribution in [-0.4, -0.2) is 33.1 Å². The highest BCUT2D eigenvalue weighted by atomic mass is 16.2. The summed E-state index contributed by atoms with van der Waals surface area (Å²) in [6.07, 6.45) is 2.34. The highest BCUT2D eigenvalue weighted by molar-refractivity contribution is 5.98. The van der Waals surface area contributed by atoms with Gasteiger partial charge in [0.15, 0.2) is 5.78 Å². The monoisotopic (exact) mass is 375 g/mol. The van der Waals surface area contributed by atoms with Crippen LogP contribution >= 0.6 is 0 Å². The van der Waals surface area contributed by atoms with Gasteiger partial charge in [-0.3, -0.25) is 9.59 Å². The summed E-state index contributed by atoms with van der Waals surface area (Å²) in [5.41, 5.74) is 4.86. The molecule has 0 saturated carbocycles. The number of imidazole rings is 1. The number of nitrogens with zero attached hydrogens (tertiary/aromatic N) is 2. The number of nitrogens with one attached hydrogen (secondary N) is 1. The van der Waals surface area contributed by atoms with Gasteiger partial charge in [-0.1, -0.05) is 24.3 Å². The first kappa shape index (κ1) is 18.4. The lowest BCUT2D eigenvalue weighted by molar-refractivity contribution is -0.132. The molecule has 1 atom stereocenters. The number of hydrogen-bond donors (Lipinski definition) is 1. The van der Waals surface area contributed by atoms with E-state index in [0.29, 0.717) is 5.56 Å². The van der Waals surface area contributed by atoms with Crippen molar-refractivity contribution < 1.29 is 9.59 Å². The Kier molecular flexibility index (Phi) is 4.99. The van der Waals surface area contributed by atoms with Gasteiger partial charge in [0.1, 0.15) is 5.82 Å². The first-order valence-electron chi connectivity index (χ1n) is 9.87. The quantitative estimate of drug-likeness (QED) is 0.668. The molecule has 0 spiro atoms. The number of likely N-dealkylation sites (tertiary alicyclic amines) is 1. The number of H-pyrrole nitrogens is 1. The number of fused-ring (bicyclic) bond motifs is 1. The maximum Gasteiger partial charge on any atom is 0.223 e. The molecule has 144 valence electrons. The minimum atomic E-state index is -0.0309. The summed E-state index contributed by atoms with van der Waals surface area (Å²) in [4.78, 5) is 35.2. The average Bonchev–Trinajstić information content (AvgIpc) is 3.34. The van der Waals surface area contributed by atoms with E-state index in [-0.39, 0.29) is 30.6 Å². The lowest BCUT2D eigenvalue weighted by Crippen LogP contribution is -2.31. The van der Waals surface area contributed by atoms with Crippen molar-refractivity contribution >= 4 is 22.7 Å². The molecule has 1 fully saturated rings. The molecule has 1 unspecified atom stereocenters. The van der Waals surface area contributed by atoms with E-state index >= 15 is 0 Å². The summed E-state index contributed by atoms with van der Waals surface area (Å²) in [5.74, 6) is 0.892. The van der Waals surface area contributed by atoms with Gasteiger partial charge in [0.25, 0.3) is 0 Å². The molecule has 1 amide bonds. The van der Waals surface area contributed by atoms with Crippen LogP contribution in [-0.2, 0) is 4.79 Å². The van der Waals surface area contributed by atoms with Crippen LogP contribution in [0.25, 0.3) is 11.0 Å². The van der Waals surface area contributed by atoms with E-state index in [9.17, 15) is 9.59 Å². The molecule has 1 aliphatic rings. The molecule has 0 bridgehead atoms. The number of rotatable bonds is 5. The van der Waals surface area contributed by atoms with Crippen LogP contribution in [0.3, 0.4) is 0 Å². The van der Waals surface area contributed by atoms with E-state index in [1.807, 2.05) is 61.2 Å². The fraction of sp³-hybridized carbons (Fsp3) is 0.348. The third-order valence-corrected chi connectivity index (χ3v) is 5.69. The summed E-state index contributed by atoms with van der Waals surface area (Å²) < 4.78 is 0. The number of benzene rings is 2. The number of para-hydroxylation sites is 2. The lowest BCUT2D eigenvalue weighted by Gasteiger charge is -2.23. The van der Waals surface area contributed by atoms with E-state index in [1.165, 1.54) is 5.56 Å². The van der Waals surface area contributed by atoms with Crippen LogP contribution in [0.5, 0.6) is 0 Å². The van der Waals surface area contributed by atoms with E-state index in [0.717, 1.165) is 41.8 Å². The minimum absolute atomic E-state index is 0.0240. The first-order chi connectivity index (χ1) is 13.5. The number of Topliss-reactive ketones (excluding diaryl/α,β-unsaturated/α-hetero) is 1. The topological polar surface area (TPSA) is 66.1 Å². The number of aryl methyl sites for hydroxylation is 2. The molecule has 1 N–H and O–H groups in total. The van der Waals surface area contributed by atoms with E-state index in [1.54, 1.807) is 0 Å². The summed E-state index contributed by atoms with van der Waals surface area (Å²) in [5, 5.41) is 0. The summed E-state index contributed by atoms with van der Waals surface area (Å²) in [7, 11) is 0. The fourth-order valence-electron chi connectivity index (χ4n) is 3.90. The predicted molar refractivity (Wildman–Crippen MR) is 109 cm³/mol. The molecule has 0 aliphatic carbocycles. The SMILES string of the molecule is Cc1ccc(C(=O)CCC(=O)N2CCCC2c2nc3ccccc3[nH]2)cc1C. The summed E-state index contributed by atoms with van der Waals surface area (Å²) in [6.45, 7) is 4.75. The van der Waals surface area contributed by atoms with Crippen molar-refractivity contribution in [2.75, 3.05) is 6.54 Å². The van der Waals surface area contributed by atoms with Gasteiger partial charge in [-0.05, 0) is 56.0 Å². The second-order valence-electron chi connectivity index (χ2n) is 7.61. The smallest absolute Gasteiger partial charge is 0.223 e. The van der Waals surface area contributed by atoms with Gasteiger partial charge in [0, 0.05) is 24.9 Å². The number of carbonyl (C=O) groups excluding carboxylic acids is 2. The average molecular weight is 375 g/mol. The Balaban J connectivity index is 1.43. The van der Waals surface area contributed by atoms with Crippen molar-refractivity contribution in [3.05, 3.63) is 65.0 Å². The first-order valence-corrected chi connectivity index (χ1v) is 9.87. The fourth-order valence-corrected chi connectivity index (χ4v) is 3.90. The number of hydrogen-bond acceptors (Lipinski definition) is 3. The van der Waals surface area contributed by atoms with Gasteiger partial charge in [0.05, 0.1) is 17.1 Å². The number of carbonyl (C=O) groups is 2. The number of aromatic amines is 1. The van der Waals surface area contributed by atoms with Gasteiger partial charge >= 0.3 is 0 Å². The van der Waals surface area contributed by atoms with Gasteiger partial charge < -0.3 is 9.88 Å².